The molecular formula is C20H20N2O2S. The van der Waals surface area contributed by atoms with Crippen molar-refractivity contribution in [3.05, 3.63) is 53.6 Å². The first-order chi connectivity index (χ1) is 12.0. The molecule has 1 aliphatic rings. The Hall–Kier alpha value is -2.40. The third kappa shape index (κ3) is 3.37. The maximum atomic E-state index is 12.3. The molecule has 0 bridgehead atoms. The standard InChI is InChI=1S/C20H20N2O2S/c1-20(2)12-14-7-5-6-13(18(14)24-20)10-11-17(23)22-19-21-15-8-3-4-9-16(15)25-19/h3-9H,10-12H2,1-2H3,(H,21,22,23). The number of anilines is 1. The second-order valence-electron chi connectivity index (χ2n) is 6.98. The van der Waals surface area contributed by atoms with Gasteiger partial charge in [-0.3, -0.25) is 4.79 Å². The minimum atomic E-state index is -0.165. The molecule has 0 spiro atoms. The fourth-order valence-corrected chi connectivity index (χ4v) is 4.11. The molecule has 25 heavy (non-hydrogen) atoms. The number of para-hydroxylation sites is 2. The van der Waals surface area contributed by atoms with Gasteiger partial charge in [0.05, 0.1) is 10.2 Å². The minimum Gasteiger partial charge on any atom is -0.487 e. The van der Waals surface area contributed by atoms with Gasteiger partial charge < -0.3 is 10.1 Å². The van der Waals surface area contributed by atoms with Crippen LogP contribution < -0.4 is 10.1 Å². The molecule has 2 heterocycles. The second-order valence-corrected chi connectivity index (χ2v) is 8.01. The van der Waals surface area contributed by atoms with Crippen molar-refractivity contribution in [2.24, 2.45) is 0 Å². The van der Waals surface area contributed by atoms with Gasteiger partial charge >= 0.3 is 0 Å². The zero-order chi connectivity index (χ0) is 17.4. The van der Waals surface area contributed by atoms with Crippen LogP contribution in [0, 0.1) is 0 Å². The molecular weight excluding hydrogens is 332 g/mol. The Kier molecular flexibility index (Phi) is 3.96. The number of thiazole rings is 1. The Morgan fingerprint density at radius 3 is 2.92 bits per heavy atom. The average molecular weight is 352 g/mol. The van der Waals surface area contributed by atoms with Crippen LogP contribution in [0.1, 0.15) is 31.4 Å². The third-order valence-corrected chi connectivity index (χ3v) is 5.29. The first-order valence-corrected chi connectivity index (χ1v) is 9.27. The van der Waals surface area contributed by atoms with Crippen LogP contribution in [0.4, 0.5) is 5.13 Å². The molecule has 2 aromatic carbocycles. The van der Waals surface area contributed by atoms with Gasteiger partial charge in [-0.05, 0) is 43.5 Å². The van der Waals surface area contributed by atoms with Crippen LogP contribution >= 0.6 is 11.3 Å². The number of ether oxygens (including phenoxy) is 1. The van der Waals surface area contributed by atoms with Crippen molar-refractivity contribution in [2.45, 2.75) is 38.7 Å². The van der Waals surface area contributed by atoms with Gasteiger partial charge in [-0.15, -0.1) is 0 Å². The van der Waals surface area contributed by atoms with Crippen LogP contribution in [0.25, 0.3) is 10.2 Å². The van der Waals surface area contributed by atoms with Gasteiger partial charge in [0.25, 0.3) is 0 Å². The number of aryl methyl sites for hydroxylation is 1. The maximum absolute atomic E-state index is 12.3. The monoisotopic (exact) mass is 352 g/mol. The summed E-state index contributed by atoms with van der Waals surface area (Å²) in [4.78, 5) is 16.8. The van der Waals surface area contributed by atoms with E-state index in [0.29, 0.717) is 18.0 Å². The number of fused-ring (bicyclic) bond motifs is 2. The number of benzene rings is 2. The van der Waals surface area contributed by atoms with Gasteiger partial charge in [0.15, 0.2) is 5.13 Å². The number of hydrogen-bond donors (Lipinski definition) is 1. The van der Waals surface area contributed by atoms with E-state index in [1.807, 2.05) is 36.4 Å². The Balaban J connectivity index is 1.42. The fraction of sp³-hybridized carbons (Fsp3) is 0.300. The van der Waals surface area contributed by atoms with Gasteiger partial charge in [0.1, 0.15) is 11.4 Å². The number of nitrogens with zero attached hydrogens (tertiary/aromatic N) is 1. The van der Waals surface area contributed by atoms with E-state index in [2.05, 4.69) is 30.2 Å². The largest absolute Gasteiger partial charge is 0.487 e. The van der Waals surface area contributed by atoms with E-state index in [1.54, 1.807) is 0 Å². The molecule has 1 amide bonds. The third-order valence-electron chi connectivity index (χ3n) is 4.33. The first-order valence-electron chi connectivity index (χ1n) is 8.45. The summed E-state index contributed by atoms with van der Waals surface area (Å²) in [6, 6.07) is 14.1. The lowest BCUT2D eigenvalue weighted by Crippen LogP contribution is -2.25. The van der Waals surface area contributed by atoms with E-state index in [0.717, 1.165) is 28.0 Å². The van der Waals surface area contributed by atoms with E-state index >= 15 is 0 Å². The number of hydrogen-bond acceptors (Lipinski definition) is 4. The molecule has 128 valence electrons. The Morgan fingerprint density at radius 2 is 2.08 bits per heavy atom. The average Bonchev–Trinajstić information content (AvgIpc) is 3.10. The summed E-state index contributed by atoms with van der Waals surface area (Å²) in [6.07, 6.45) is 1.99. The Morgan fingerprint density at radius 1 is 1.24 bits per heavy atom. The van der Waals surface area contributed by atoms with Crippen LogP contribution in [-0.4, -0.2) is 16.5 Å². The lowest BCUT2D eigenvalue weighted by atomic mass is 9.99. The number of carbonyl (C=O) groups excluding carboxylic acids is 1. The molecule has 0 atom stereocenters. The maximum Gasteiger partial charge on any atom is 0.226 e. The Bertz CT molecular complexity index is 913. The van der Waals surface area contributed by atoms with E-state index < -0.39 is 0 Å². The highest BCUT2D eigenvalue weighted by Gasteiger charge is 2.31. The fourth-order valence-electron chi connectivity index (χ4n) is 3.23. The molecule has 0 aliphatic carbocycles. The zero-order valence-corrected chi connectivity index (χ0v) is 15.2. The molecule has 1 aliphatic heterocycles. The second kappa shape index (κ2) is 6.15. The smallest absolute Gasteiger partial charge is 0.226 e. The molecule has 5 heteroatoms. The van der Waals surface area contributed by atoms with Crippen LogP contribution in [0.5, 0.6) is 5.75 Å². The lowest BCUT2D eigenvalue weighted by molar-refractivity contribution is -0.116. The molecule has 1 aromatic heterocycles. The van der Waals surface area contributed by atoms with E-state index in [4.69, 9.17) is 4.74 Å². The topological polar surface area (TPSA) is 51.2 Å². The normalized spacial score (nSPS) is 15.0. The van der Waals surface area contributed by atoms with Crippen molar-refractivity contribution in [1.29, 1.82) is 0 Å². The molecule has 4 nitrogen and oxygen atoms in total. The van der Waals surface area contributed by atoms with Gasteiger partial charge in [0.2, 0.25) is 5.91 Å². The Labute approximate surface area is 150 Å². The van der Waals surface area contributed by atoms with Gasteiger partial charge in [-0.2, -0.15) is 0 Å². The first kappa shape index (κ1) is 16.1. The summed E-state index contributed by atoms with van der Waals surface area (Å²) in [6.45, 7) is 4.19. The predicted octanol–water partition coefficient (Wildman–Crippen LogP) is 4.58. The molecule has 0 saturated heterocycles. The van der Waals surface area contributed by atoms with Crippen LogP contribution in [0.15, 0.2) is 42.5 Å². The quantitative estimate of drug-likeness (QED) is 0.748. The molecule has 0 fully saturated rings. The summed E-state index contributed by atoms with van der Waals surface area (Å²) >= 11 is 1.50. The highest BCUT2D eigenvalue weighted by atomic mass is 32.1. The van der Waals surface area contributed by atoms with Gasteiger partial charge in [-0.25, -0.2) is 4.98 Å². The highest BCUT2D eigenvalue weighted by molar-refractivity contribution is 7.22. The van der Waals surface area contributed by atoms with Gasteiger partial charge in [0, 0.05) is 12.8 Å². The van der Waals surface area contributed by atoms with E-state index in [1.165, 1.54) is 16.9 Å². The highest BCUT2D eigenvalue weighted by Crippen LogP contribution is 2.38. The van der Waals surface area contributed by atoms with Crippen LogP contribution in [0.2, 0.25) is 0 Å². The summed E-state index contributed by atoms with van der Waals surface area (Å²) in [7, 11) is 0. The molecule has 0 saturated carbocycles. The number of carbonyl (C=O) groups is 1. The summed E-state index contributed by atoms with van der Waals surface area (Å²) in [5, 5.41) is 3.57. The number of aromatic nitrogens is 1. The molecule has 0 radical (unpaired) electrons. The zero-order valence-electron chi connectivity index (χ0n) is 14.3. The van der Waals surface area contributed by atoms with Gasteiger partial charge in [-0.1, -0.05) is 41.7 Å². The van der Waals surface area contributed by atoms with Crippen LogP contribution in [0.3, 0.4) is 0 Å². The molecule has 0 unspecified atom stereocenters. The molecule has 4 rings (SSSR count). The van der Waals surface area contributed by atoms with Crippen molar-refractivity contribution < 1.29 is 9.53 Å². The number of amides is 1. The van der Waals surface area contributed by atoms with Crippen LogP contribution in [-0.2, 0) is 17.6 Å². The van der Waals surface area contributed by atoms with Crippen molar-refractivity contribution in [2.75, 3.05) is 5.32 Å². The number of rotatable bonds is 4. The van der Waals surface area contributed by atoms with Crippen molar-refractivity contribution in [3.8, 4) is 5.75 Å². The summed E-state index contributed by atoms with van der Waals surface area (Å²) in [5.74, 6) is 0.939. The minimum absolute atomic E-state index is 0.0195. The lowest BCUT2D eigenvalue weighted by Gasteiger charge is -2.18. The van der Waals surface area contributed by atoms with E-state index in [9.17, 15) is 4.79 Å². The van der Waals surface area contributed by atoms with Crippen molar-refractivity contribution in [1.82, 2.24) is 4.98 Å². The summed E-state index contributed by atoms with van der Waals surface area (Å²) in [5.41, 5.74) is 3.08. The molecule has 3 aromatic rings. The molecule has 1 N–H and O–H groups in total. The van der Waals surface area contributed by atoms with Crippen molar-refractivity contribution >= 4 is 32.6 Å². The SMILES string of the molecule is CC1(C)Cc2cccc(CCC(=O)Nc3nc4ccccc4s3)c2O1. The number of nitrogens with one attached hydrogen (secondary N) is 1. The van der Waals surface area contributed by atoms with E-state index in [-0.39, 0.29) is 11.5 Å². The van der Waals surface area contributed by atoms with Crippen molar-refractivity contribution in [3.63, 3.8) is 0 Å². The predicted molar refractivity (Wildman–Crippen MR) is 101 cm³/mol. The summed E-state index contributed by atoms with van der Waals surface area (Å²) < 4.78 is 7.15.